The van der Waals surface area contributed by atoms with Crippen LogP contribution in [0.1, 0.15) is 24.4 Å². The first-order chi connectivity index (χ1) is 8.28. The summed E-state index contributed by atoms with van der Waals surface area (Å²) in [6.07, 6.45) is 2.29. The van der Waals surface area contributed by atoms with Crippen molar-refractivity contribution in [2.24, 2.45) is 0 Å². The standard InChI is InChI=1S/C13H16N2O2/c1-16-10-5-6-13(17-2)11(7-10)12(8-14)15-9-3-4-9/h5-7,9,12,15H,3-4H2,1-2H3. The number of ether oxygens (including phenoxy) is 2. The highest BCUT2D eigenvalue weighted by Crippen LogP contribution is 2.31. The van der Waals surface area contributed by atoms with Crippen molar-refractivity contribution in [2.75, 3.05) is 14.2 Å². The molecule has 17 heavy (non-hydrogen) atoms. The quantitative estimate of drug-likeness (QED) is 0.843. The van der Waals surface area contributed by atoms with Gasteiger partial charge in [0.2, 0.25) is 0 Å². The first-order valence-corrected chi connectivity index (χ1v) is 5.66. The van der Waals surface area contributed by atoms with Gasteiger partial charge in [-0.15, -0.1) is 0 Å². The second kappa shape index (κ2) is 5.07. The summed E-state index contributed by atoms with van der Waals surface area (Å²) in [5.41, 5.74) is 0.834. The van der Waals surface area contributed by atoms with Gasteiger partial charge >= 0.3 is 0 Å². The number of benzene rings is 1. The van der Waals surface area contributed by atoms with E-state index in [1.165, 1.54) is 0 Å². The molecule has 4 heteroatoms. The van der Waals surface area contributed by atoms with Crippen LogP contribution in [-0.2, 0) is 0 Å². The SMILES string of the molecule is COc1ccc(OC)c(C(C#N)NC2CC2)c1. The van der Waals surface area contributed by atoms with E-state index in [1.54, 1.807) is 14.2 Å². The molecule has 90 valence electrons. The zero-order valence-corrected chi connectivity index (χ0v) is 10.1. The maximum atomic E-state index is 9.23. The number of hydrogen-bond acceptors (Lipinski definition) is 4. The molecule has 0 radical (unpaired) electrons. The molecule has 0 amide bonds. The van der Waals surface area contributed by atoms with E-state index in [1.807, 2.05) is 18.2 Å². The molecule has 1 aromatic rings. The average Bonchev–Trinajstić information content (AvgIpc) is 3.19. The van der Waals surface area contributed by atoms with Crippen molar-refractivity contribution in [1.82, 2.24) is 5.32 Å². The van der Waals surface area contributed by atoms with Crippen molar-refractivity contribution >= 4 is 0 Å². The van der Waals surface area contributed by atoms with Crippen molar-refractivity contribution < 1.29 is 9.47 Å². The topological polar surface area (TPSA) is 54.3 Å². The predicted octanol–water partition coefficient (Wildman–Crippen LogP) is 2.02. The lowest BCUT2D eigenvalue weighted by molar-refractivity contribution is 0.394. The summed E-state index contributed by atoms with van der Waals surface area (Å²) in [5.74, 6) is 1.45. The number of hydrogen-bond donors (Lipinski definition) is 1. The lowest BCUT2D eigenvalue weighted by Crippen LogP contribution is -2.22. The number of methoxy groups -OCH3 is 2. The van der Waals surface area contributed by atoms with E-state index in [0.29, 0.717) is 11.8 Å². The Bertz CT molecular complexity index is 436. The third kappa shape index (κ3) is 2.69. The van der Waals surface area contributed by atoms with Crippen LogP contribution in [0.5, 0.6) is 11.5 Å². The molecule has 1 unspecified atom stereocenters. The van der Waals surface area contributed by atoms with E-state index >= 15 is 0 Å². The molecule has 1 atom stereocenters. The maximum Gasteiger partial charge on any atom is 0.125 e. The van der Waals surface area contributed by atoms with Crippen LogP contribution >= 0.6 is 0 Å². The number of nitrogens with one attached hydrogen (secondary N) is 1. The number of rotatable bonds is 5. The first-order valence-electron chi connectivity index (χ1n) is 5.66. The smallest absolute Gasteiger partial charge is 0.125 e. The summed E-state index contributed by atoms with van der Waals surface area (Å²) in [4.78, 5) is 0. The molecular weight excluding hydrogens is 216 g/mol. The summed E-state index contributed by atoms with van der Waals surface area (Å²) in [6, 6.07) is 7.90. The van der Waals surface area contributed by atoms with Gasteiger partial charge in [-0.2, -0.15) is 5.26 Å². The van der Waals surface area contributed by atoms with Crippen molar-refractivity contribution in [3.8, 4) is 17.6 Å². The number of nitrogens with zero attached hydrogens (tertiary/aromatic N) is 1. The molecule has 1 fully saturated rings. The Hall–Kier alpha value is -1.73. The molecule has 0 aliphatic heterocycles. The van der Waals surface area contributed by atoms with Crippen LogP contribution in [0.15, 0.2) is 18.2 Å². The second-order valence-electron chi connectivity index (χ2n) is 4.11. The third-order valence-corrected chi connectivity index (χ3v) is 2.86. The largest absolute Gasteiger partial charge is 0.497 e. The van der Waals surface area contributed by atoms with Gasteiger partial charge in [-0.1, -0.05) is 0 Å². The Kier molecular flexibility index (Phi) is 3.50. The minimum absolute atomic E-state index is 0.340. The van der Waals surface area contributed by atoms with E-state index in [-0.39, 0.29) is 6.04 Å². The molecule has 0 aromatic heterocycles. The molecule has 1 aromatic carbocycles. The fourth-order valence-electron chi connectivity index (χ4n) is 1.75. The van der Waals surface area contributed by atoms with Gasteiger partial charge in [0.05, 0.1) is 20.3 Å². The van der Waals surface area contributed by atoms with Crippen molar-refractivity contribution in [2.45, 2.75) is 24.9 Å². The highest BCUT2D eigenvalue weighted by atomic mass is 16.5. The van der Waals surface area contributed by atoms with E-state index < -0.39 is 0 Å². The average molecular weight is 232 g/mol. The minimum atomic E-state index is -0.340. The van der Waals surface area contributed by atoms with E-state index in [4.69, 9.17) is 9.47 Å². The van der Waals surface area contributed by atoms with E-state index in [9.17, 15) is 5.26 Å². The lowest BCUT2D eigenvalue weighted by atomic mass is 10.1. The van der Waals surface area contributed by atoms with Gasteiger partial charge in [-0.05, 0) is 31.0 Å². The molecule has 1 aliphatic rings. The predicted molar refractivity (Wildman–Crippen MR) is 64.1 cm³/mol. The molecule has 0 spiro atoms. The van der Waals surface area contributed by atoms with Crippen LogP contribution in [0.2, 0.25) is 0 Å². The van der Waals surface area contributed by atoms with Crippen LogP contribution < -0.4 is 14.8 Å². The van der Waals surface area contributed by atoms with Crippen molar-refractivity contribution in [1.29, 1.82) is 5.26 Å². The minimum Gasteiger partial charge on any atom is -0.497 e. The van der Waals surface area contributed by atoms with Gasteiger partial charge in [-0.3, -0.25) is 5.32 Å². The fraction of sp³-hybridized carbons (Fsp3) is 0.462. The molecule has 1 saturated carbocycles. The molecule has 1 N–H and O–H groups in total. The van der Waals surface area contributed by atoms with Gasteiger partial charge in [0.25, 0.3) is 0 Å². The first kappa shape index (κ1) is 11.7. The summed E-state index contributed by atoms with van der Waals surface area (Å²) in [7, 11) is 3.22. The summed E-state index contributed by atoms with van der Waals surface area (Å²) in [6.45, 7) is 0. The lowest BCUT2D eigenvalue weighted by Gasteiger charge is -2.15. The maximum absolute atomic E-state index is 9.23. The molecule has 0 heterocycles. The summed E-state index contributed by atoms with van der Waals surface area (Å²) >= 11 is 0. The second-order valence-corrected chi connectivity index (χ2v) is 4.11. The molecule has 0 bridgehead atoms. The van der Waals surface area contributed by atoms with E-state index in [2.05, 4.69) is 11.4 Å². The highest BCUT2D eigenvalue weighted by Gasteiger charge is 2.27. The van der Waals surface area contributed by atoms with Gasteiger partial charge in [0.15, 0.2) is 0 Å². The Balaban J connectivity index is 2.28. The van der Waals surface area contributed by atoms with Gasteiger partial charge in [-0.25, -0.2) is 0 Å². The van der Waals surface area contributed by atoms with Crippen LogP contribution in [0.25, 0.3) is 0 Å². The molecular formula is C13H16N2O2. The van der Waals surface area contributed by atoms with Crippen LogP contribution in [0.3, 0.4) is 0 Å². The van der Waals surface area contributed by atoms with Gasteiger partial charge in [0, 0.05) is 11.6 Å². The third-order valence-electron chi connectivity index (χ3n) is 2.86. The Labute approximate surface area is 101 Å². The zero-order chi connectivity index (χ0) is 12.3. The fourth-order valence-corrected chi connectivity index (χ4v) is 1.75. The molecule has 0 saturated heterocycles. The Morgan fingerprint density at radius 1 is 1.35 bits per heavy atom. The van der Waals surface area contributed by atoms with Gasteiger partial charge < -0.3 is 9.47 Å². The van der Waals surface area contributed by atoms with Gasteiger partial charge in [0.1, 0.15) is 17.5 Å². The van der Waals surface area contributed by atoms with Crippen LogP contribution in [0, 0.1) is 11.3 Å². The van der Waals surface area contributed by atoms with Crippen LogP contribution in [-0.4, -0.2) is 20.3 Å². The number of nitriles is 1. The Morgan fingerprint density at radius 3 is 2.65 bits per heavy atom. The van der Waals surface area contributed by atoms with Crippen LogP contribution in [0.4, 0.5) is 0 Å². The summed E-state index contributed by atoms with van der Waals surface area (Å²) < 4.78 is 10.5. The normalized spacial score (nSPS) is 16.1. The zero-order valence-electron chi connectivity index (χ0n) is 10.1. The van der Waals surface area contributed by atoms with E-state index in [0.717, 1.165) is 24.2 Å². The molecule has 4 nitrogen and oxygen atoms in total. The monoisotopic (exact) mass is 232 g/mol. The summed E-state index contributed by atoms with van der Waals surface area (Å²) in [5, 5.41) is 12.5. The highest BCUT2D eigenvalue weighted by molar-refractivity contribution is 5.44. The molecule has 1 aliphatic carbocycles. The molecule has 2 rings (SSSR count). The van der Waals surface area contributed by atoms with Crippen molar-refractivity contribution in [3.05, 3.63) is 23.8 Å². The Morgan fingerprint density at radius 2 is 2.12 bits per heavy atom. The van der Waals surface area contributed by atoms with Crippen molar-refractivity contribution in [3.63, 3.8) is 0 Å².